The summed E-state index contributed by atoms with van der Waals surface area (Å²) in [5, 5.41) is 13.1. The van der Waals surface area contributed by atoms with Crippen LogP contribution in [0.1, 0.15) is 31.9 Å². The molecule has 0 aromatic heterocycles. The summed E-state index contributed by atoms with van der Waals surface area (Å²) in [4.78, 5) is 2.66. The van der Waals surface area contributed by atoms with Crippen LogP contribution in [-0.4, -0.2) is 11.7 Å². The second-order valence-corrected chi connectivity index (χ2v) is 4.84. The topological polar surface area (TPSA) is 69.0 Å². The van der Waals surface area contributed by atoms with E-state index in [2.05, 4.69) is 30.8 Å². The summed E-state index contributed by atoms with van der Waals surface area (Å²) in [7, 11) is 0. The second kappa shape index (κ2) is 5.41. The summed E-state index contributed by atoms with van der Waals surface area (Å²) in [6.07, 6.45) is 3.49. The molecule has 1 N–H and O–H groups in total. The van der Waals surface area contributed by atoms with E-state index in [-0.39, 0.29) is 17.7 Å². The predicted octanol–water partition coefficient (Wildman–Crippen LogP) is 4.01. The largest absolute Gasteiger partial charge is 0.507 e. The number of hydrogen-bond acceptors (Lipinski definition) is 2. The molecule has 0 atom stereocenters. The summed E-state index contributed by atoms with van der Waals surface area (Å²) in [6.45, 7) is 6.64. The molecular formula is C13H17N3O. The molecule has 4 heteroatoms. The average Bonchev–Trinajstić information content (AvgIpc) is 2.25. The van der Waals surface area contributed by atoms with Gasteiger partial charge in [-0.2, -0.15) is 0 Å². The Morgan fingerprint density at radius 1 is 1.41 bits per heavy atom. The maximum atomic E-state index is 9.70. The van der Waals surface area contributed by atoms with Gasteiger partial charge in [-0.05, 0) is 28.6 Å². The van der Waals surface area contributed by atoms with E-state index in [1.807, 2.05) is 12.1 Å². The number of phenols is 1. The van der Waals surface area contributed by atoms with E-state index >= 15 is 0 Å². The Hall–Kier alpha value is -1.93. The van der Waals surface area contributed by atoms with E-state index in [1.54, 1.807) is 18.2 Å². The van der Waals surface area contributed by atoms with Gasteiger partial charge in [-0.3, -0.25) is 0 Å². The maximum Gasteiger partial charge on any atom is 0.122 e. The van der Waals surface area contributed by atoms with Crippen LogP contribution in [0, 0.1) is 0 Å². The lowest BCUT2D eigenvalue weighted by molar-refractivity contribution is 0.472. The van der Waals surface area contributed by atoms with Crippen molar-refractivity contribution in [2.45, 2.75) is 26.2 Å². The first kappa shape index (κ1) is 13.1. The van der Waals surface area contributed by atoms with Crippen molar-refractivity contribution in [1.29, 1.82) is 0 Å². The van der Waals surface area contributed by atoms with E-state index in [1.165, 1.54) is 0 Å². The summed E-state index contributed by atoms with van der Waals surface area (Å²) >= 11 is 0. The molecule has 0 aliphatic carbocycles. The molecule has 0 heterocycles. The van der Waals surface area contributed by atoms with E-state index < -0.39 is 0 Å². The zero-order valence-corrected chi connectivity index (χ0v) is 10.4. The van der Waals surface area contributed by atoms with Crippen molar-refractivity contribution >= 4 is 6.08 Å². The minimum absolute atomic E-state index is 0.0428. The van der Waals surface area contributed by atoms with Crippen LogP contribution in [0.3, 0.4) is 0 Å². The second-order valence-electron chi connectivity index (χ2n) is 4.84. The molecule has 17 heavy (non-hydrogen) atoms. The molecule has 0 bridgehead atoms. The van der Waals surface area contributed by atoms with Gasteiger partial charge in [0.1, 0.15) is 5.75 Å². The highest BCUT2D eigenvalue weighted by atomic mass is 16.3. The zero-order valence-electron chi connectivity index (χ0n) is 10.4. The van der Waals surface area contributed by atoms with Crippen LogP contribution in [0.25, 0.3) is 16.5 Å². The smallest absolute Gasteiger partial charge is 0.122 e. The van der Waals surface area contributed by atoms with Crippen LogP contribution in [-0.2, 0) is 5.41 Å². The molecule has 0 unspecified atom stereocenters. The molecule has 4 nitrogen and oxygen atoms in total. The Balaban J connectivity index is 2.99. The van der Waals surface area contributed by atoms with Gasteiger partial charge in [0, 0.05) is 17.0 Å². The summed E-state index contributed by atoms with van der Waals surface area (Å²) in [5.74, 6) is 0.232. The highest BCUT2D eigenvalue weighted by molar-refractivity contribution is 5.58. The fourth-order valence-electron chi connectivity index (χ4n) is 1.42. The van der Waals surface area contributed by atoms with Gasteiger partial charge in [0.15, 0.2) is 0 Å². The molecule has 1 aromatic rings. The lowest BCUT2D eigenvalue weighted by atomic mass is 9.86. The molecule has 0 spiro atoms. The fourth-order valence-corrected chi connectivity index (χ4v) is 1.42. The van der Waals surface area contributed by atoms with Crippen molar-refractivity contribution < 1.29 is 5.11 Å². The quantitative estimate of drug-likeness (QED) is 0.476. The molecule has 0 saturated carbocycles. The molecule has 1 rings (SSSR count). The van der Waals surface area contributed by atoms with Crippen LogP contribution in [0.5, 0.6) is 5.75 Å². The Morgan fingerprint density at radius 2 is 2.12 bits per heavy atom. The third-order valence-electron chi connectivity index (χ3n) is 2.44. The summed E-state index contributed by atoms with van der Waals surface area (Å²) in [6, 6.07) is 5.55. The molecule has 0 aliphatic rings. The van der Waals surface area contributed by atoms with Gasteiger partial charge in [-0.15, -0.1) is 0 Å². The Labute approximate surface area is 101 Å². The number of aromatic hydroxyl groups is 1. The molecule has 1 aromatic carbocycles. The van der Waals surface area contributed by atoms with Crippen molar-refractivity contribution in [3.05, 3.63) is 45.8 Å². The molecule has 0 amide bonds. The van der Waals surface area contributed by atoms with Gasteiger partial charge in [0.2, 0.25) is 0 Å². The van der Waals surface area contributed by atoms with Gasteiger partial charge >= 0.3 is 0 Å². The van der Waals surface area contributed by atoms with Crippen LogP contribution in [0.4, 0.5) is 0 Å². The Kier molecular flexibility index (Phi) is 4.18. The fraction of sp³-hybridized carbons (Fsp3) is 0.385. The van der Waals surface area contributed by atoms with Gasteiger partial charge in [0.05, 0.1) is 0 Å². The van der Waals surface area contributed by atoms with E-state index in [0.29, 0.717) is 0 Å². The number of benzene rings is 1. The van der Waals surface area contributed by atoms with Gasteiger partial charge in [-0.25, -0.2) is 0 Å². The van der Waals surface area contributed by atoms with Crippen LogP contribution in [0.2, 0.25) is 0 Å². The minimum atomic E-state index is 0.0428. The third kappa shape index (κ3) is 3.85. The summed E-state index contributed by atoms with van der Waals surface area (Å²) < 4.78 is 0. The number of rotatable bonds is 3. The van der Waals surface area contributed by atoms with Crippen LogP contribution >= 0.6 is 0 Å². The lowest BCUT2D eigenvalue weighted by Crippen LogP contribution is -2.10. The number of nitrogens with zero attached hydrogens (tertiary/aromatic N) is 3. The lowest BCUT2D eigenvalue weighted by Gasteiger charge is -2.19. The van der Waals surface area contributed by atoms with Crippen LogP contribution in [0.15, 0.2) is 29.4 Å². The normalized spacial score (nSPS) is 11.5. The first-order valence-electron chi connectivity index (χ1n) is 5.46. The standard InChI is InChI=1S/C13H17N3O/c1-13(2,3)11-6-7-12(17)10(9-11)5-4-8-15-16-14/h4-7,9,17H,8H2,1-3H3. The highest BCUT2D eigenvalue weighted by Crippen LogP contribution is 2.27. The first-order valence-corrected chi connectivity index (χ1v) is 5.46. The molecule has 0 aliphatic heterocycles. The van der Waals surface area contributed by atoms with E-state index in [4.69, 9.17) is 5.53 Å². The Bertz CT molecular complexity index is 466. The van der Waals surface area contributed by atoms with Crippen molar-refractivity contribution in [2.75, 3.05) is 6.54 Å². The Morgan fingerprint density at radius 3 is 2.71 bits per heavy atom. The molecule has 0 radical (unpaired) electrons. The SMILES string of the molecule is CC(C)(C)c1ccc(O)c(C=CCN=[N+]=[N-])c1. The van der Waals surface area contributed by atoms with Crippen molar-refractivity contribution in [3.8, 4) is 5.75 Å². The number of azide groups is 1. The molecule has 0 fully saturated rings. The van der Waals surface area contributed by atoms with E-state index in [0.717, 1.165) is 11.1 Å². The molecule has 0 saturated heterocycles. The van der Waals surface area contributed by atoms with Crippen molar-refractivity contribution in [3.63, 3.8) is 0 Å². The zero-order chi connectivity index (χ0) is 12.9. The summed E-state index contributed by atoms with van der Waals surface area (Å²) in [5.41, 5.74) is 10.1. The maximum absolute atomic E-state index is 9.70. The van der Waals surface area contributed by atoms with Crippen molar-refractivity contribution in [2.24, 2.45) is 5.11 Å². The van der Waals surface area contributed by atoms with Gasteiger partial charge in [0.25, 0.3) is 0 Å². The van der Waals surface area contributed by atoms with Crippen molar-refractivity contribution in [1.82, 2.24) is 0 Å². The van der Waals surface area contributed by atoms with Gasteiger partial charge in [-0.1, -0.05) is 44.1 Å². The van der Waals surface area contributed by atoms with Gasteiger partial charge < -0.3 is 5.11 Å². The molecular weight excluding hydrogens is 214 g/mol. The average molecular weight is 231 g/mol. The monoisotopic (exact) mass is 231 g/mol. The third-order valence-corrected chi connectivity index (χ3v) is 2.44. The first-order chi connectivity index (χ1) is 7.95. The van der Waals surface area contributed by atoms with Crippen LogP contribution < -0.4 is 0 Å². The molecule has 90 valence electrons. The number of phenolic OH excluding ortho intramolecular Hbond substituents is 1. The highest BCUT2D eigenvalue weighted by Gasteiger charge is 2.14. The minimum Gasteiger partial charge on any atom is -0.507 e. The predicted molar refractivity (Wildman–Crippen MR) is 69.9 cm³/mol. The van der Waals surface area contributed by atoms with E-state index in [9.17, 15) is 5.11 Å². The number of hydrogen-bond donors (Lipinski definition) is 1.